The fourth-order valence-electron chi connectivity index (χ4n) is 12.0. The molecule has 14 amide bonds. The van der Waals surface area contributed by atoms with Crippen LogP contribution in [0.4, 0.5) is 0 Å². The number of phenolic OH excluding ortho intramolecular Hbond substituents is 1. The predicted octanol–water partition coefficient (Wildman–Crippen LogP) is -5.17. The van der Waals surface area contributed by atoms with Crippen molar-refractivity contribution in [3.63, 3.8) is 0 Å². The number of amides is 14. The summed E-state index contributed by atoms with van der Waals surface area (Å²) in [6.07, 6.45) is 1.76. The number of carboxylic acids is 3. The lowest BCUT2D eigenvalue weighted by molar-refractivity contribution is -0.144. The van der Waals surface area contributed by atoms with Crippen molar-refractivity contribution in [2.24, 2.45) is 52.5 Å². The van der Waals surface area contributed by atoms with E-state index in [1.807, 2.05) is 0 Å². The number of hydrogen-bond acceptors (Lipinski definition) is 23. The minimum atomic E-state index is -1.90. The van der Waals surface area contributed by atoms with E-state index in [9.17, 15) is 102 Å². The van der Waals surface area contributed by atoms with Gasteiger partial charge in [-0.25, -0.2) is 9.78 Å². The number of H-pyrrole nitrogens is 1. The Balaban J connectivity index is 2.40. The summed E-state index contributed by atoms with van der Waals surface area (Å²) in [5, 5.41) is 94.5. The fourth-order valence-corrected chi connectivity index (χ4v) is 12.0. The molecule has 0 aliphatic rings. The number of aromatic hydroxyl groups is 1. The summed E-state index contributed by atoms with van der Waals surface area (Å²) in [4.78, 5) is 240. The molecule has 45 nitrogen and oxygen atoms in total. The number of benzene rings is 1. The SMILES string of the molecule is CC[C@H](C)[C@H](NC(=O)[C@H](C)NC(=O)[C@H](CC(=O)O)NC(=O)[C@H](CCCNC(=N)N)NC(=O)[C@@H](NC(=O)[C@@H](N)CCCNC(=N)N)[C@@H](C)CC)C(=O)N[C@@H](C)C(=O)N[C@@H](Cc1cnc[nH]1)C(=O)NCC(=O)N[C@@H](Cc1ccc(O)cc1)C(=O)N[C@H](C(=O)N[C@H](C(=O)N[C@@H](CC(=O)O)C(=O)N[C@@H](CCCCN)C(=O)N[C@H](C(=O)O)C(C)C)C(C)C)[C@@H](C)CC. The number of phenols is 1. The molecule has 45 heteroatoms. The van der Waals surface area contributed by atoms with E-state index in [-0.39, 0.29) is 89.1 Å². The smallest absolute Gasteiger partial charge is 0.326 e. The van der Waals surface area contributed by atoms with Crippen molar-refractivity contribution in [3.05, 3.63) is 48.0 Å². The third kappa shape index (κ3) is 38.4. The van der Waals surface area contributed by atoms with Gasteiger partial charge in [0.1, 0.15) is 84.3 Å². The van der Waals surface area contributed by atoms with Crippen LogP contribution in [0, 0.1) is 40.4 Å². The lowest BCUT2D eigenvalue weighted by Gasteiger charge is -2.30. The molecule has 0 fully saturated rings. The zero-order valence-electron chi connectivity index (χ0n) is 71.1. The van der Waals surface area contributed by atoms with Crippen LogP contribution in [0.1, 0.15) is 171 Å². The first-order valence-electron chi connectivity index (χ1n) is 40.5. The van der Waals surface area contributed by atoms with Gasteiger partial charge in [-0.15, -0.1) is 0 Å². The van der Waals surface area contributed by atoms with Gasteiger partial charge in [-0.05, 0) is 113 Å². The molecule has 122 heavy (non-hydrogen) atoms. The van der Waals surface area contributed by atoms with Crippen LogP contribution in [0.25, 0.3) is 0 Å². The van der Waals surface area contributed by atoms with Gasteiger partial charge in [-0.3, -0.25) is 87.5 Å². The van der Waals surface area contributed by atoms with Gasteiger partial charge >= 0.3 is 17.9 Å². The number of carbonyl (C=O) groups excluding carboxylic acids is 14. The van der Waals surface area contributed by atoms with Crippen molar-refractivity contribution in [1.29, 1.82) is 10.8 Å². The summed E-state index contributed by atoms with van der Waals surface area (Å²) >= 11 is 0. The Morgan fingerprint density at radius 2 is 0.795 bits per heavy atom. The molecule has 1 heterocycles. The van der Waals surface area contributed by atoms with Gasteiger partial charge in [-0.2, -0.15) is 0 Å². The Bertz CT molecular complexity index is 3870. The van der Waals surface area contributed by atoms with Crippen LogP contribution >= 0.6 is 0 Å². The average molecular weight is 1730 g/mol. The standard InChI is InChI=1S/C77H128N24O21/c1-13-39(8)59(99-63(109)43(12)89-68(114)52(32-55(104)105)95-66(112)49(22-19-29-86-77(82)83)93-73(119)60(40(9)14-2)100-64(110)47(79)20-18-28-85-76(80)81)72(118)90-42(11)62(108)94-51(31-45-34-84-36-88-45)65(111)87-35-54(103)91-50(30-44-23-25-46(102)26-24-44)70(116)101-61(41(10)15-3)74(120)97-57(37(4)5)71(117)96-53(33-56(106)107)69(115)92-48(21-16-17-27-78)67(113)98-58(38(6)7)75(121)122/h23-26,34,36-43,47-53,57-61,102H,13-22,27-33,35,78-79H2,1-12H3,(H,84,88)(H,87,111)(H,89,114)(H,90,118)(H,91,103)(H,92,115)(H,93,119)(H,94,108)(H,95,112)(H,96,117)(H,97,120)(H,98,113)(H,99,109)(H,100,110)(H,101,116)(H,104,105)(H,106,107)(H,121,122)(H4,80,81,85)(H4,82,83,86)/t39-,40-,41-,42-,43-,47-,48-,49-,50-,51-,52-,53-,57-,58-,59-,60-,61-/m0/s1. The summed E-state index contributed by atoms with van der Waals surface area (Å²) in [5.41, 5.74) is 23.2. The molecular weight excluding hydrogens is 1600 g/mol. The highest BCUT2D eigenvalue weighted by Crippen LogP contribution is 2.18. The Kier molecular flexibility index (Phi) is 46.9. The monoisotopic (exact) mass is 1720 g/mol. The maximum Gasteiger partial charge on any atom is 0.326 e. The first-order chi connectivity index (χ1) is 57.3. The molecule has 1 aromatic carbocycles. The average Bonchev–Trinajstić information content (AvgIpc) is 0.967. The minimum absolute atomic E-state index is 0.0233. The quantitative estimate of drug-likeness (QED) is 0.0167. The number of unbranched alkanes of at least 4 members (excludes halogenated alkanes) is 1. The van der Waals surface area contributed by atoms with Crippen molar-refractivity contribution >= 4 is 113 Å². The van der Waals surface area contributed by atoms with Gasteiger partial charge in [0.2, 0.25) is 82.7 Å². The Morgan fingerprint density at radius 3 is 1.27 bits per heavy atom. The van der Waals surface area contributed by atoms with Crippen molar-refractivity contribution in [1.82, 2.24) is 95.0 Å². The lowest BCUT2D eigenvalue weighted by atomic mass is 9.95. The van der Waals surface area contributed by atoms with Gasteiger partial charge < -0.3 is 133 Å². The molecule has 17 atom stereocenters. The highest BCUT2D eigenvalue weighted by molar-refractivity contribution is 6.01. The molecule has 1 aromatic heterocycles. The van der Waals surface area contributed by atoms with Crippen LogP contribution in [0.2, 0.25) is 0 Å². The van der Waals surface area contributed by atoms with Crippen LogP contribution in [0.5, 0.6) is 5.75 Å². The number of carbonyl (C=O) groups is 17. The zero-order valence-corrected chi connectivity index (χ0v) is 71.1. The van der Waals surface area contributed by atoms with Crippen LogP contribution in [0.15, 0.2) is 36.8 Å². The highest BCUT2D eigenvalue weighted by Gasteiger charge is 2.40. The molecule has 2 rings (SSSR count). The number of aromatic nitrogens is 2. The van der Waals surface area contributed by atoms with Gasteiger partial charge in [-0.1, -0.05) is 101 Å². The second-order valence-electron chi connectivity index (χ2n) is 30.7. The van der Waals surface area contributed by atoms with E-state index in [4.69, 9.17) is 33.8 Å². The largest absolute Gasteiger partial charge is 0.508 e. The molecule has 31 N–H and O–H groups in total. The van der Waals surface area contributed by atoms with Gasteiger partial charge in [0, 0.05) is 37.8 Å². The van der Waals surface area contributed by atoms with E-state index >= 15 is 0 Å². The number of aliphatic carboxylic acids is 3. The van der Waals surface area contributed by atoms with Crippen molar-refractivity contribution in [2.45, 2.75) is 258 Å². The number of nitrogens with two attached hydrogens (primary N) is 4. The fraction of sp³-hybridized carbons (Fsp3) is 0.636. The number of nitrogens with one attached hydrogen (secondary N) is 19. The zero-order chi connectivity index (χ0) is 92.4. The molecule has 0 aliphatic carbocycles. The maximum atomic E-state index is 14.6. The second-order valence-corrected chi connectivity index (χ2v) is 30.7. The van der Waals surface area contributed by atoms with Gasteiger partial charge in [0.15, 0.2) is 11.9 Å². The van der Waals surface area contributed by atoms with Crippen molar-refractivity contribution < 1.29 is 102 Å². The molecule has 0 aliphatic heterocycles. The van der Waals surface area contributed by atoms with E-state index < -0.39 is 240 Å². The molecule has 0 unspecified atom stereocenters. The highest BCUT2D eigenvalue weighted by atomic mass is 16.4. The van der Waals surface area contributed by atoms with E-state index in [1.165, 1.54) is 64.5 Å². The second kappa shape index (κ2) is 54.1. The molecule has 682 valence electrons. The number of imidazole rings is 1. The van der Waals surface area contributed by atoms with Gasteiger partial charge in [0.25, 0.3) is 0 Å². The summed E-state index contributed by atoms with van der Waals surface area (Å²) in [5.74, 6) is -22.3. The molecule has 0 spiro atoms. The summed E-state index contributed by atoms with van der Waals surface area (Å²) < 4.78 is 0. The normalized spacial score (nSPS) is 15.3. The van der Waals surface area contributed by atoms with E-state index in [1.54, 1.807) is 55.4 Å². The summed E-state index contributed by atoms with van der Waals surface area (Å²) in [6.45, 7) is 18.1. The number of carboxylic acid groups (broad SMARTS) is 3. The molecule has 0 saturated heterocycles. The molecule has 2 aromatic rings. The summed E-state index contributed by atoms with van der Waals surface area (Å²) in [6, 6.07) is -15.4. The van der Waals surface area contributed by atoms with Crippen LogP contribution < -0.4 is 108 Å². The van der Waals surface area contributed by atoms with E-state index in [0.29, 0.717) is 30.5 Å². The maximum absolute atomic E-state index is 14.6. The number of hydrogen-bond donors (Lipinski definition) is 27. The predicted molar refractivity (Wildman–Crippen MR) is 443 cm³/mol. The topological polar surface area (TPSA) is 744 Å². The van der Waals surface area contributed by atoms with Crippen molar-refractivity contribution in [3.8, 4) is 5.75 Å². The first-order valence-corrected chi connectivity index (χ1v) is 40.5. The number of guanidine groups is 2. The lowest BCUT2D eigenvalue weighted by Crippen LogP contribution is -2.62. The Hall–Kier alpha value is -12.3. The minimum Gasteiger partial charge on any atom is -0.508 e. The van der Waals surface area contributed by atoms with E-state index in [0.717, 1.165) is 0 Å². The van der Waals surface area contributed by atoms with Crippen LogP contribution in [0.3, 0.4) is 0 Å². The molecular formula is C77H128N24O21. The Labute approximate surface area is 707 Å². The van der Waals surface area contributed by atoms with Crippen molar-refractivity contribution in [2.75, 3.05) is 26.2 Å². The third-order valence-corrected chi connectivity index (χ3v) is 20.0. The molecule has 0 bridgehead atoms. The van der Waals surface area contributed by atoms with Crippen LogP contribution in [-0.4, -0.2) is 254 Å². The Morgan fingerprint density at radius 1 is 0.418 bits per heavy atom. The van der Waals surface area contributed by atoms with Gasteiger partial charge in [0.05, 0.1) is 31.8 Å². The number of rotatable bonds is 57. The number of aromatic amines is 1. The molecule has 0 saturated carbocycles. The number of nitrogens with zero attached hydrogens (tertiary/aromatic N) is 1. The van der Waals surface area contributed by atoms with E-state index in [2.05, 4.69) is 95.0 Å². The molecule has 0 radical (unpaired) electrons. The van der Waals surface area contributed by atoms with Crippen LogP contribution in [-0.2, 0) is 94.3 Å². The summed E-state index contributed by atoms with van der Waals surface area (Å²) in [7, 11) is 0. The first kappa shape index (κ1) is 106. The third-order valence-electron chi connectivity index (χ3n) is 20.0.